The lowest BCUT2D eigenvalue weighted by atomic mass is 10.1. The molecule has 0 atom stereocenters. The zero-order chi connectivity index (χ0) is 44.0. The first-order valence-corrected chi connectivity index (χ1v) is 19.7. The van der Waals surface area contributed by atoms with Gasteiger partial charge in [-0.1, -0.05) is 28.1 Å². The molecule has 0 saturated heterocycles. The third-order valence-electron chi connectivity index (χ3n) is 8.91. The Morgan fingerprint density at radius 2 is 1.16 bits per heavy atom. The number of aromatic nitrogens is 10. The van der Waals surface area contributed by atoms with Crippen LogP contribution in [0.2, 0.25) is 10.6 Å². The summed E-state index contributed by atoms with van der Waals surface area (Å²) in [5.74, 6) is 0.0876. The van der Waals surface area contributed by atoms with Crippen molar-refractivity contribution in [2.45, 2.75) is 38.9 Å². The molecule has 2 aromatic carbocycles. The standard InChI is InChI=1S/C20H16ClF2N5O2.C12H9ClN4O.C8H8BrF2NO/c1-11-3-6-17(30-20(22)23)15(26-11)10-28-16-7-12(13-8-24-19(21)25-9-13)4-5-14(16)18(29)27(28)2;1-17-11(18)9-3-2-7(4-10(9)16-17)8-5-14-12(13)15-6-8;1-5-2-3-7(13-8(10)11)6(4-9)12-5/h3-9,20H,10H2,1-2H3;2-6,16H,1H3;2-3,8H,4H2,1H3. The van der Waals surface area contributed by atoms with Gasteiger partial charge < -0.3 is 9.47 Å². The summed E-state index contributed by atoms with van der Waals surface area (Å²) in [6.45, 7) is -2.17. The van der Waals surface area contributed by atoms with Crippen LogP contribution in [0.1, 0.15) is 22.8 Å². The normalized spacial score (nSPS) is 11.1. The molecule has 0 spiro atoms. The molecule has 0 radical (unpaired) electrons. The van der Waals surface area contributed by atoms with E-state index in [0.717, 1.165) is 33.5 Å². The molecule has 0 aliphatic rings. The van der Waals surface area contributed by atoms with Crippen molar-refractivity contribution >= 4 is 60.9 Å². The molecule has 1 N–H and O–H groups in total. The molecule has 0 saturated carbocycles. The summed E-state index contributed by atoms with van der Waals surface area (Å²) in [7, 11) is 3.30. The van der Waals surface area contributed by atoms with Gasteiger partial charge in [-0.05, 0) is 96.7 Å². The first kappa shape index (κ1) is 44.4. The second-order valence-corrected chi connectivity index (χ2v) is 14.3. The van der Waals surface area contributed by atoms with Crippen LogP contribution in [0, 0.1) is 13.8 Å². The van der Waals surface area contributed by atoms with Crippen LogP contribution in [0.4, 0.5) is 17.6 Å². The van der Waals surface area contributed by atoms with Crippen LogP contribution in [0.25, 0.3) is 44.1 Å². The molecule has 6 aromatic heterocycles. The third-order valence-corrected chi connectivity index (χ3v) is 9.84. The second kappa shape index (κ2) is 19.5. The number of ether oxygens (including phenoxy) is 2. The van der Waals surface area contributed by atoms with Gasteiger partial charge in [-0.2, -0.15) is 17.6 Å². The average molecular weight is 945 g/mol. The van der Waals surface area contributed by atoms with Gasteiger partial charge in [0.15, 0.2) is 0 Å². The largest absolute Gasteiger partial charge is 0.433 e. The third kappa shape index (κ3) is 10.8. The molecule has 0 aliphatic heterocycles. The number of pyridine rings is 2. The molecule has 0 amide bonds. The van der Waals surface area contributed by atoms with Crippen molar-refractivity contribution in [2.24, 2.45) is 14.1 Å². The number of H-pyrrole nitrogens is 1. The van der Waals surface area contributed by atoms with Gasteiger partial charge >= 0.3 is 13.2 Å². The molecule has 8 aromatic rings. The fourth-order valence-electron chi connectivity index (χ4n) is 6.03. The lowest BCUT2D eigenvalue weighted by molar-refractivity contribution is -0.0513. The van der Waals surface area contributed by atoms with Crippen molar-refractivity contribution in [3.05, 3.63) is 140 Å². The summed E-state index contributed by atoms with van der Waals surface area (Å²) >= 11 is 14.5. The van der Waals surface area contributed by atoms with Crippen LogP contribution in [0.5, 0.6) is 11.5 Å². The first-order valence-electron chi connectivity index (χ1n) is 17.8. The summed E-state index contributed by atoms with van der Waals surface area (Å²) in [5, 5.41) is 4.88. The zero-order valence-electron chi connectivity index (χ0n) is 32.5. The van der Waals surface area contributed by atoms with Gasteiger partial charge in [0.05, 0.1) is 34.0 Å². The maximum atomic E-state index is 12.8. The van der Waals surface area contributed by atoms with E-state index in [-0.39, 0.29) is 39.7 Å². The molecule has 14 nitrogen and oxygen atoms in total. The number of aryl methyl sites for hydroxylation is 3. The topological polar surface area (TPSA) is 161 Å². The van der Waals surface area contributed by atoms with Crippen molar-refractivity contribution < 1.29 is 27.0 Å². The van der Waals surface area contributed by atoms with Crippen LogP contribution in [-0.2, 0) is 26.0 Å². The van der Waals surface area contributed by atoms with Gasteiger partial charge in [-0.15, -0.1) is 0 Å². The molecule has 21 heteroatoms. The Bertz CT molecular complexity index is 2930. The number of aromatic amines is 1. The van der Waals surface area contributed by atoms with Gasteiger partial charge in [0, 0.05) is 66.7 Å². The number of rotatable bonds is 9. The van der Waals surface area contributed by atoms with Gasteiger partial charge in [0.2, 0.25) is 10.6 Å². The van der Waals surface area contributed by atoms with Crippen molar-refractivity contribution in [1.29, 1.82) is 0 Å². The lowest BCUT2D eigenvalue weighted by Crippen LogP contribution is -2.20. The minimum absolute atomic E-state index is 0.0350. The van der Waals surface area contributed by atoms with E-state index in [0.29, 0.717) is 38.7 Å². The van der Waals surface area contributed by atoms with Crippen LogP contribution in [-0.4, -0.2) is 62.3 Å². The lowest BCUT2D eigenvalue weighted by Gasteiger charge is -2.14. The van der Waals surface area contributed by atoms with Gasteiger partial charge in [-0.25, -0.2) is 19.9 Å². The number of alkyl halides is 5. The number of fused-ring (bicyclic) bond motifs is 2. The van der Waals surface area contributed by atoms with Crippen molar-refractivity contribution in [1.82, 2.24) is 49.0 Å². The number of hydrogen-bond acceptors (Lipinski definition) is 10. The predicted molar refractivity (Wildman–Crippen MR) is 226 cm³/mol. The quantitative estimate of drug-likeness (QED) is 0.0843. The Morgan fingerprint density at radius 3 is 1.69 bits per heavy atom. The summed E-state index contributed by atoms with van der Waals surface area (Å²) in [5.41, 5.74) is 6.63. The predicted octanol–water partition coefficient (Wildman–Crippen LogP) is 8.67. The van der Waals surface area contributed by atoms with E-state index < -0.39 is 13.2 Å². The highest BCUT2D eigenvalue weighted by atomic mass is 79.9. The van der Waals surface area contributed by atoms with E-state index in [1.165, 1.54) is 21.5 Å². The van der Waals surface area contributed by atoms with E-state index in [9.17, 15) is 27.2 Å². The van der Waals surface area contributed by atoms with E-state index in [4.69, 9.17) is 23.2 Å². The molecule has 0 unspecified atom stereocenters. The molecule has 6 heterocycles. The van der Waals surface area contributed by atoms with Crippen LogP contribution >= 0.6 is 39.1 Å². The Morgan fingerprint density at radius 1 is 0.672 bits per heavy atom. The number of halogens is 7. The fourth-order valence-corrected chi connectivity index (χ4v) is 6.63. The number of benzene rings is 2. The Hall–Kier alpha value is -6.18. The molecule has 0 bridgehead atoms. The maximum Gasteiger partial charge on any atom is 0.387 e. The Balaban J connectivity index is 0.000000170. The van der Waals surface area contributed by atoms with Crippen LogP contribution < -0.4 is 20.6 Å². The monoisotopic (exact) mass is 942 g/mol. The Kier molecular flexibility index (Phi) is 14.2. The van der Waals surface area contributed by atoms with E-state index in [1.807, 2.05) is 18.2 Å². The van der Waals surface area contributed by atoms with Crippen molar-refractivity contribution in [3.63, 3.8) is 0 Å². The molecule has 0 fully saturated rings. The number of nitrogens with zero attached hydrogens (tertiary/aromatic N) is 9. The number of nitrogens with one attached hydrogen (secondary N) is 1. The maximum absolute atomic E-state index is 12.8. The molecule has 61 heavy (non-hydrogen) atoms. The van der Waals surface area contributed by atoms with Crippen molar-refractivity contribution in [2.75, 3.05) is 0 Å². The smallest absolute Gasteiger partial charge is 0.387 e. The minimum atomic E-state index is -2.98. The zero-order valence-corrected chi connectivity index (χ0v) is 35.6. The highest BCUT2D eigenvalue weighted by Crippen LogP contribution is 2.27. The highest BCUT2D eigenvalue weighted by Gasteiger charge is 2.17. The fraction of sp³-hybridized carbons (Fsp3) is 0.200. The second-order valence-electron chi connectivity index (χ2n) is 13.0. The highest BCUT2D eigenvalue weighted by molar-refractivity contribution is 9.08. The summed E-state index contributed by atoms with van der Waals surface area (Å²) < 4.78 is 62.8. The van der Waals surface area contributed by atoms with Gasteiger partial charge in [-0.3, -0.25) is 38.7 Å². The van der Waals surface area contributed by atoms with Gasteiger partial charge in [0.1, 0.15) is 17.2 Å². The first-order chi connectivity index (χ1) is 29.1. The molecular formula is C40H33BrCl2F4N10O4. The SMILES string of the molecule is Cc1ccc(OC(F)F)c(CBr)n1.Cc1ccc(OC(F)F)c(Cn2c3cc(-c4cnc(Cl)nc4)ccc3c(=O)n2C)n1.Cn1[nH]c2cc(-c3cnc(Cl)nc3)ccc2c1=O. The van der Waals surface area contributed by atoms with Crippen molar-refractivity contribution in [3.8, 4) is 33.8 Å². The number of hydrogen-bond donors (Lipinski definition) is 1. The molecular weight excluding hydrogens is 911 g/mol. The van der Waals surface area contributed by atoms with E-state index in [1.54, 1.807) is 87.7 Å². The summed E-state index contributed by atoms with van der Waals surface area (Å²) in [4.78, 5) is 48.6. The van der Waals surface area contributed by atoms with E-state index in [2.05, 4.69) is 60.4 Å². The summed E-state index contributed by atoms with van der Waals surface area (Å²) in [6.07, 6.45) is 6.46. The molecule has 316 valence electrons. The molecule has 0 aliphatic carbocycles. The minimum Gasteiger partial charge on any atom is -0.433 e. The van der Waals surface area contributed by atoms with Crippen LogP contribution in [0.15, 0.2) is 95.0 Å². The average Bonchev–Trinajstić information content (AvgIpc) is 3.65. The van der Waals surface area contributed by atoms with Gasteiger partial charge in [0.25, 0.3) is 11.1 Å². The van der Waals surface area contributed by atoms with E-state index >= 15 is 0 Å². The Labute approximate surface area is 361 Å². The van der Waals surface area contributed by atoms with Crippen LogP contribution in [0.3, 0.4) is 0 Å². The summed E-state index contributed by atoms with van der Waals surface area (Å²) in [6, 6.07) is 17.0. The molecule has 8 rings (SSSR count).